The molecule has 1 aromatic heterocycles. The van der Waals surface area contributed by atoms with Crippen molar-refractivity contribution in [3.05, 3.63) is 17.0 Å². The lowest BCUT2D eigenvalue weighted by Crippen LogP contribution is -2.35. The van der Waals surface area contributed by atoms with Crippen LogP contribution in [0.1, 0.15) is 43.3 Å². The average Bonchev–Trinajstić information content (AvgIpc) is 2.63. The van der Waals surface area contributed by atoms with Crippen molar-refractivity contribution in [2.45, 2.75) is 40.2 Å². The Hall–Kier alpha value is -1.36. The minimum Gasteiger partial charge on any atom is -0.361 e. The molecule has 96 valence electrons. The van der Waals surface area contributed by atoms with E-state index in [2.05, 4.69) is 15.8 Å². The van der Waals surface area contributed by atoms with Gasteiger partial charge in [0.2, 0.25) is 5.91 Å². The number of carbonyl (C=O) groups excluding carboxylic acids is 1. The molecular weight excluding hydrogens is 218 g/mol. The molecule has 1 amide bonds. The van der Waals surface area contributed by atoms with Crippen molar-refractivity contribution in [3.63, 3.8) is 0 Å². The number of aryl methyl sites for hydroxylation is 2. The minimum absolute atomic E-state index is 0.0189. The fraction of sp³-hybridized carbons (Fsp3) is 0.667. The Morgan fingerprint density at radius 3 is 2.71 bits per heavy atom. The first-order valence-corrected chi connectivity index (χ1v) is 5.99. The van der Waals surface area contributed by atoms with E-state index in [-0.39, 0.29) is 11.9 Å². The number of hydrogen-bond acceptors (Lipinski definition) is 4. The number of carbonyl (C=O) groups is 1. The molecule has 5 heteroatoms. The normalized spacial score (nSPS) is 12.5. The van der Waals surface area contributed by atoms with Crippen LogP contribution in [0.2, 0.25) is 0 Å². The highest BCUT2D eigenvalue weighted by Gasteiger charge is 2.16. The number of hydrogen-bond donors (Lipinski definition) is 2. The second-order valence-electron chi connectivity index (χ2n) is 4.19. The SMILES string of the molecule is CCCNC(=O)CNC(C)c1c(C)noc1C. The van der Waals surface area contributed by atoms with Crippen molar-refractivity contribution in [3.8, 4) is 0 Å². The second kappa shape index (κ2) is 6.39. The van der Waals surface area contributed by atoms with Crippen molar-refractivity contribution in [1.82, 2.24) is 15.8 Å². The first-order chi connectivity index (χ1) is 8.06. The van der Waals surface area contributed by atoms with Crippen LogP contribution in [0.3, 0.4) is 0 Å². The Labute approximate surface area is 102 Å². The summed E-state index contributed by atoms with van der Waals surface area (Å²) in [5.41, 5.74) is 1.91. The minimum atomic E-state index is 0.0189. The maximum Gasteiger partial charge on any atom is 0.233 e. The van der Waals surface area contributed by atoms with Gasteiger partial charge in [-0.05, 0) is 27.2 Å². The van der Waals surface area contributed by atoms with Crippen molar-refractivity contribution in [2.24, 2.45) is 0 Å². The Morgan fingerprint density at radius 1 is 1.47 bits per heavy atom. The van der Waals surface area contributed by atoms with Gasteiger partial charge in [-0.25, -0.2) is 0 Å². The predicted octanol–water partition coefficient (Wildman–Crippen LogP) is 1.47. The third-order valence-electron chi connectivity index (χ3n) is 2.66. The zero-order valence-corrected chi connectivity index (χ0v) is 11.0. The van der Waals surface area contributed by atoms with Crippen LogP contribution >= 0.6 is 0 Å². The van der Waals surface area contributed by atoms with Crippen LogP contribution in [0, 0.1) is 13.8 Å². The number of nitrogens with one attached hydrogen (secondary N) is 2. The first-order valence-electron chi connectivity index (χ1n) is 5.99. The standard InChI is InChI=1S/C12H21N3O2/c1-5-6-13-11(16)7-14-8(2)12-9(3)15-17-10(12)4/h8,14H,5-7H2,1-4H3,(H,13,16). The second-order valence-corrected chi connectivity index (χ2v) is 4.19. The molecule has 0 fully saturated rings. The van der Waals surface area contributed by atoms with Gasteiger partial charge in [0, 0.05) is 18.2 Å². The molecule has 1 atom stereocenters. The van der Waals surface area contributed by atoms with Gasteiger partial charge in [-0.1, -0.05) is 12.1 Å². The van der Waals surface area contributed by atoms with Crippen LogP contribution in [0.4, 0.5) is 0 Å². The molecule has 0 aliphatic carbocycles. The number of rotatable bonds is 6. The molecule has 2 N–H and O–H groups in total. The molecule has 0 aromatic carbocycles. The van der Waals surface area contributed by atoms with Crippen LogP contribution in [-0.4, -0.2) is 24.2 Å². The van der Waals surface area contributed by atoms with E-state index in [0.29, 0.717) is 6.54 Å². The summed E-state index contributed by atoms with van der Waals surface area (Å²) in [6.45, 7) is 8.84. The van der Waals surface area contributed by atoms with E-state index < -0.39 is 0 Å². The van der Waals surface area contributed by atoms with Crippen LogP contribution in [0.25, 0.3) is 0 Å². The van der Waals surface area contributed by atoms with Gasteiger partial charge in [-0.15, -0.1) is 0 Å². The molecule has 1 heterocycles. The van der Waals surface area contributed by atoms with Gasteiger partial charge in [-0.2, -0.15) is 0 Å². The van der Waals surface area contributed by atoms with E-state index in [1.165, 1.54) is 0 Å². The van der Waals surface area contributed by atoms with E-state index >= 15 is 0 Å². The monoisotopic (exact) mass is 239 g/mol. The van der Waals surface area contributed by atoms with Gasteiger partial charge < -0.3 is 15.2 Å². The number of amides is 1. The van der Waals surface area contributed by atoms with E-state index in [1.807, 2.05) is 27.7 Å². The van der Waals surface area contributed by atoms with Crippen LogP contribution in [0.15, 0.2) is 4.52 Å². The Kier molecular flexibility index (Phi) is 5.15. The van der Waals surface area contributed by atoms with Gasteiger partial charge in [0.15, 0.2) is 0 Å². The average molecular weight is 239 g/mol. The van der Waals surface area contributed by atoms with Crippen molar-refractivity contribution >= 4 is 5.91 Å². The summed E-state index contributed by atoms with van der Waals surface area (Å²) in [7, 11) is 0. The maximum atomic E-state index is 11.4. The van der Waals surface area contributed by atoms with E-state index in [4.69, 9.17) is 4.52 Å². The smallest absolute Gasteiger partial charge is 0.233 e. The Morgan fingerprint density at radius 2 is 2.18 bits per heavy atom. The Bertz CT molecular complexity index is 354. The maximum absolute atomic E-state index is 11.4. The molecule has 1 rings (SSSR count). The zero-order chi connectivity index (χ0) is 12.8. The first kappa shape index (κ1) is 13.7. The summed E-state index contributed by atoms with van der Waals surface area (Å²) >= 11 is 0. The van der Waals surface area contributed by atoms with Crippen LogP contribution in [0.5, 0.6) is 0 Å². The summed E-state index contributed by atoms with van der Waals surface area (Å²) in [4.78, 5) is 11.4. The van der Waals surface area contributed by atoms with Crippen molar-refractivity contribution < 1.29 is 9.32 Å². The fourth-order valence-corrected chi connectivity index (χ4v) is 1.78. The quantitative estimate of drug-likeness (QED) is 0.789. The zero-order valence-electron chi connectivity index (χ0n) is 11.0. The topological polar surface area (TPSA) is 67.2 Å². The molecule has 5 nitrogen and oxygen atoms in total. The third-order valence-corrected chi connectivity index (χ3v) is 2.66. The highest BCUT2D eigenvalue weighted by molar-refractivity contribution is 5.77. The highest BCUT2D eigenvalue weighted by Crippen LogP contribution is 2.20. The Balaban J connectivity index is 2.45. The van der Waals surface area contributed by atoms with Crippen molar-refractivity contribution in [1.29, 1.82) is 0 Å². The number of aromatic nitrogens is 1. The lowest BCUT2D eigenvalue weighted by atomic mass is 10.1. The summed E-state index contributed by atoms with van der Waals surface area (Å²) < 4.78 is 5.10. The molecule has 0 saturated carbocycles. The molecule has 0 bridgehead atoms. The van der Waals surface area contributed by atoms with Crippen LogP contribution in [-0.2, 0) is 4.79 Å². The summed E-state index contributed by atoms with van der Waals surface area (Å²) in [5.74, 6) is 0.821. The molecule has 0 radical (unpaired) electrons. The predicted molar refractivity (Wildman–Crippen MR) is 65.7 cm³/mol. The van der Waals surface area contributed by atoms with Crippen LogP contribution < -0.4 is 10.6 Å². The van der Waals surface area contributed by atoms with E-state index in [1.54, 1.807) is 0 Å². The lowest BCUT2D eigenvalue weighted by molar-refractivity contribution is -0.120. The van der Waals surface area contributed by atoms with Crippen molar-refractivity contribution in [2.75, 3.05) is 13.1 Å². The molecule has 17 heavy (non-hydrogen) atoms. The molecule has 0 aliphatic rings. The van der Waals surface area contributed by atoms with Gasteiger partial charge >= 0.3 is 0 Å². The highest BCUT2D eigenvalue weighted by atomic mass is 16.5. The summed E-state index contributed by atoms with van der Waals surface area (Å²) in [5, 5.41) is 9.88. The van der Waals surface area contributed by atoms with Gasteiger partial charge in [-0.3, -0.25) is 4.79 Å². The van der Waals surface area contributed by atoms with Gasteiger partial charge in [0.05, 0.1) is 12.2 Å². The molecule has 0 aliphatic heterocycles. The summed E-state index contributed by atoms with van der Waals surface area (Å²) in [6, 6.07) is 0.0635. The van der Waals surface area contributed by atoms with Gasteiger partial charge in [0.25, 0.3) is 0 Å². The molecular formula is C12H21N3O2. The molecule has 0 saturated heterocycles. The lowest BCUT2D eigenvalue weighted by Gasteiger charge is -2.13. The van der Waals surface area contributed by atoms with E-state index in [0.717, 1.165) is 30.0 Å². The number of nitrogens with zero attached hydrogens (tertiary/aromatic N) is 1. The molecule has 1 unspecified atom stereocenters. The molecule has 1 aromatic rings. The van der Waals surface area contributed by atoms with E-state index in [9.17, 15) is 4.79 Å². The summed E-state index contributed by atoms with van der Waals surface area (Å²) in [6.07, 6.45) is 0.950. The molecule has 0 spiro atoms. The fourth-order valence-electron chi connectivity index (χ4n) is 1.78. The van der Waals surface area contributed by atoms with Gasteiger partial charge in [0.1, 0.15) is 5.76 Å². The largest absolute Gasteiger partial charge is 0.361 e. The third kappa shape index (κ3) is 3.85.